The van der Waals surface area contributed by atoms with Gasteiger partial charge in [0.05, 0.1) is 16.8 Å². The van der Waals surface area contributed by atoms with Gasteiger partial charge >= 0.3 is 0 Å². The minimum atomic E-state index is -0.145. The second-order valence-corrected chi connectivity index (χ2v) is 8.40. The summed E-state index contributed by atoms with van der Waals surface area (Å²) in [6.07, 6.45) is 3.41. The summed E-state index contributed by atoms with van der Waals surface area (Å²) < 4.78 is 0. The molecule has 0 radical (unpaired) electrons. The van der Waals surface area contributed by atoms with Crippen molar-refractivity contribution in [1.29, 1.82) is 0 Å². The van der Waals surface area contributed by atoms with Crippen molar-refractivity contribution in [2.75, 3.05) is 18.1 Å². The van der Waals surface area contributed by atoms with Gasteiger partial charge in [0.2, 0.25) is 0 Å². The lowest BCUT2D eigenvalue weighted by Crippen LogP contribution is -2.48. The van der Waals surface area contributed by atoms with Crippen molar-refractivity contribution < 1.29 is 4.79 Å². The fourth-order valence-corrected chi connectivity index (χ4v) is 4.37. The molecule has 2 aromatic carbocycles. The second-order valence-electron chi connectivity index (χ2n) is 7.55. The molecular weight excluding hydrogens is 407 g/mol. The average Bonchev–Trinajstić information content (AvgIpc) is 3.07. The van der Waals surface area contributed by atoms with E-state index in [0.29, 0.717) is 15.8 Å². The number of piperidine rings is 1. The van der Waals surface area contributed by atoms with Crippen LogP contribution in [0.3, 0.4) is 0 Å². The Bertz CT molecular complexity index is 909. The Morgan fingerprint density at radius 3 is 2.41 bits per heavy atom. The molecule has 2 aromatic rings. The molecule has 0 bridgehead atoms. The number of halogens is 2. The first-order valence-corrected chi connectivity index (χ1v) is 10.7. The molecule has 1 N–H and O–H groups in total. The molecule has 0 aliphatic carbocycles. The zero-order chi connectivity index (χ0) is 20.4. The summed E-state index contributed by atoms with van der Waals surface area (Å²) in [5.41, 5.74) is 5.36. The highest BCUT2D eigenvalue weighted by molar-refractivity contribution is 6.40. The van der Waals surface area contributed by atoms with Crippen LogP contribution < -0.4 is 10.4 Å². The van der Waals surface area contributed by atoms with Crippen LogP contribution in [-0.4, -0.2) is 29.7 Å². The molecule has 2 aliphatic heterocycles. The summed E-state index contributed by atoms with van der Waals surface area (Å²) in [6.45, 7) is 3.79. The van der Waals surface area contributed by atoms with Crippen LogP contribution in [0.2, 0.25) is 10.0 Å². The number of hydrazine groups is 1. The van der Waals surface area contributed by atoms with Crippen LogP contribution in [0.15, 0.2) is 53.6 Å². The van der Waals surface area contributed by atoms with Crippen molar-refractivity contribution in [2.45, 2.75) is 32.2 Å². The fraction of sp³-hybridized carbons (Fsp3) is 0.364. The van der Waals surface area contributed by atoms with E-state index in [-0.39, 0.29) is 17.9 Å². The number of nitrogens with zero attached hydrogens (tertiary/aromatic N) is 3. The molecule has 0 aromatic heterocycles. The number of para-hydroxylation sites is 1. The first-order valence-electron chi connectivity index (χ1n) is 9.98. The Morgan fingerprint density at radius 2 is 1.72 bits per heavy atom. The molecule has 1 amide bonds. The maximum absolute atomic E-state index is 13.1. The maximum Gasteiger partial charge on any atom is 0.282 e. The minimum absolute atomic E-state index is 0.114. The predicted molar refractivity (Wildman–Crippen MR) is 118 cm³/mol. The Labute approximate surface area is 181 Å². The molecule has 0 spiro atoms. The van der Waals surface area contributed by atoms with Crippen molar-refractivity contribution in [3.05, 3.63) is 64.1 Å². The van der Waals surface area contributed by atoms with E-state index in [2.05, 4.69) is 5.43 Å². The highest BCUT2D eigenvalue weighted by Gasteiger charge is 2.40. The number of nitrogens with one attached hydrogen (secondary N) is 1. The van der Waals surface area contributed by atoms with Gasteiger partial charge in [-0.05, 0) is 42.7 Å². The smallest absolute Gasteiger partial charge is 0.282 e. The lowest BCUT2D eigenvalue weighted by molar-refractivity contribution is -0.120. The minimum Gasteiger partial charge on any atom is -0.284 e. The van der Waals surface area contributed by atoms with Gasteiger partial charge in [-0.2, -0.15) is 5.10 Å². The van der Waals surface area contributed by atoms with E-state index >= 15 is 0 Å². The number of anilines is 1. The van der Waals surface area contributed by atoms with E-state index in [0.717, 1.165) is 37.2 Å². The van der Waals surface area contributed by atoms with Crippen LogP contribution in [0.4, 0.5) is 5.69 Å². The number of benzene rings is 2. The number of amides is 1. The summed E-state index contributed by atoms with van der Waals surface area (Å²) in [5, 5.41) is 9.87. The largest absolute Gasteiger partial charge is 0.284 e. The zero-order valence-corrected chi connectivity index (χ0v) is 17.8. The quantitative estimate of drug-likeness (QED) is 0.736. The zero-order valence-electron chi connectivity index (χ0n) is 16.3. The van der Waals surface area contributed by atoms with Gasteiger partial charge in [0.25, 0.3) is 5.91 Å². The first kappa shape index (κ1) is 20.2. The van der Waals surface area contributed by atoms with Crippen molar-refractivity contribution in [3.8, 4) is 0 Å². The summed E-state index contributed by atoms with van der Waals surface area (Å²) in [4.78, 5) is 13.1. The van der Waals surface area contributed by atoms with Crippen LogP contribution in [0.5, 0.6) is 0 Å². The number of carbonyl (C=O) groups excluding carboxylic acids is 1. The highest BCUT2D eigenvalue weighted by Crippen LogP contribution is 2.41. The topological polar surface area (TPSA) is 47.9 Å². The van der Waals surface area contributed by atoms with Crippen LogP contribution in [0, 0.1) is 5.92 Å². The summed E-state index contributed by atoms with van der Waals surface area (Å²) >= 11 is 12.6. The Hall–Kier alpha value is -2.08. The normalized spacial score (nSPS) is 22.4. The molecular formula is C22H24Cl2N4O. The first-order chi connectivity index (χ1) is 14.0. The van der Waals surface area contributed by atoms with Crippen LogP contribution in [0.25, 0.3) is 0 Å². The lowest BCUT2D eigenvalue weighted by Gasteiger charge is -2.28. The SMILES string of the molecule is C[C@H]1C(C(=O)NN2CCCCC2)=NN(c2ccccc2Cl)[C@@H]1c1ccc(Cl)cc1. The third-order valence-corrected chi connectivity index (χ3v) is 6.11. The highest BCUT2D eigenvalue weighted by atomic mass is 35.5. The molecule has 1 saturated heterocycles. The number of rotatable bonds is 4. The van der Waals surface area contributed by atoms with Gasteiger partial charge in [-0.15, -0.1) is 0 Å². The van der Waals surface area contributed by atoms with Gasteiger partial charge in [-0.1, -0.05) is 60.8 Å². The van der Waals surface area contributed by atoms with Crippen LogP contribution in [-0.2, 0) is 4.79 Å². The summed E-state index contributed by atoms with van der Waals surface area (Å²) in [6, 6.07) is 15.1. The summed E-state index contributed by atoms with van der Waals surface area (Å²) in [7, 11) is 0. The molecule has 7 heteroatoms. The monoisotopic (exact) mass is 430 g/mol. The van der Waals surface area contributed by atoms with E-state index in [4.69, 9.17) is 28.3 Å². The predicted octanol–water partition coefficient (Wildman–Crippen LogP) is 5.06. The van der Waals surface area contributed by atoms with Gasteiger partial charge < -0.3 is 0 Å². The Kier molecular flexibility index (Phi) is 6.09. The lowest BCUT2D eigenvalue weighted by atomic mass is 9.91. The van der Waals surface area contributed by atoms with E-state index in [1.54, 1.807) is 0 Å². The summed E-state index contributed by atoms with van der Waals surface area (Å²) in [5.74, 6) is -0.259. The average molecular weight is 431 g/mol. The third kappa shape index (κ3) is 4.27. The molecule has 29 heavy (non-hydrogen) atoms. The van der Waals surface area contributed by atoms with Crippen LogP contribution >= 0.6 is 23.2 Å². The Balaban J connectivity index is 1.66. The van der Waals surface area contributed by atoms with E-state index in [1.807, 2.05) is 65.5 Å². The van der Waals surface area contributed by atoms with Crippen molar-refractivity contribution >= 4 is 40.5 Å². The standard InChI is InChI=1S/C22H24Cl2N4O/c1-15-20(22(29)26-27-13-5-2-6-14-27)25-28(19-8-4-3-7-18(19)24)21(15)16-9-11-17(23)12-10-16/h3-4,7-12,15,21H,2,5-6,13-14H2,1H3,(H,26,29)/t15-,21-/m0/s1. The molecule has 2 heterocycles. The van der Waals surface area contributed by atoms with Crippen LogP contribution in [0.1, 0.15) is 37.8 Å². The van der Waals surface area contributed by atoms with E-state index in [9.17, 15) is 4.79 Å². The number of carbonyl (C=O) groups is 1. The second kappa shape index (κ2) is 8.74. The van der Waals surface area contributed by atoms with Gasteiger partial charge in [-0.3, -0.25) is 15.2 Å². The molecule has 2 atom stereocenters. The third-order valence-electron chi connectivity index (χ3n) is 5.54. The van der Waals surface area contributed by atoms with E-state index in [1.165, 1.54) is 6.42 Å². The molecule has 0 unspecified atom stereocenters. The molecule has 152 valence electrons. The van der Waals surface area contributed by atoms with Crippen molar-refractivity contribution in [3.63, 3.8) is 0 Å². The van der Waals surface area contributed by atoms with E-state index < -0.39 is 0 Å². The molecule has 1 fully saturated rings. The number of hydrogen-bond donors (Lipinski definition) is 1. The molecule has 2 aliphatic rings. The van der Waals surface area contributed by atoms with Gasteiger partial charge in [0.15, 0.2) is 0 Å². The van der Waals surface area contributed by atoms with Crippen molar-refractivity contribution in [1.82, 2.24) is 10.4 Å². The van der Waals surface area contributed by atoms with Gasteiger partial charge in [0, 0.05) is 24.0 Å². The number of hydrazone groups is 1. The molecule has 0 saturated carbocycles. The van der Waals surface area contributed by atoms with Gasteiger partial charge in [-0.25, -0.2) is 5.01 Å². The van der Waals surface area contributed by atoms with Crippen molar-refractivity contribution in [2.24, 2.45) is 11.0 Å². The maximum atomic E-state index is 13.1. The Morgan fingerprint density at radius 1 is 1.03 bits per heavy atom. The van der Waals surface area contributed by atoms with Gasteiger partial charge in [0.1, 0.15) is 5.71 Å². The molecule has 5 nitrogen and oxygen atoms in total. The fourth-order valence-electron chi connectivity index (χ4n) is 4.02. The number of hydrogen-bond acceptors (Lipinski definition) is 4. The molecule has 4 rings (SSSR count).